The lowest BCUT2D eigenvalue weighted by molar-refractivity contribution is 0.174. The molecule has 7 heteroatoms. The van der Waals surface area contributed by atoms with Crippen LogP contribution in [0, 0.1) is 11.3 Å². The fraction of sp³-hybridized carbons (Fsp3) is 0.185. The van der Waals surface area contributed by atoms with Gasteiger partial charge in [-0.05, 0) is 48.4 Å². The van der Waals surface area contributed by atoms with Crippen LogP contribution in [-0.4, -0.2) is 29.9 Å². The van der Waals surface area contributed by atoms with E-state index in [-0.39, 0.29) is 6.79 Å². The van der Waals surface area contributed by atoms with Gasteiger partial charge in [0.2, 0.25) is 12.7 Å². The average Bonchev–Trinajstić information content (AvgIpc) is 3.48. The molecular formula is C27H24N4O3. The first-order valence-corrected chi connectivity index (χ1v) is 11.2. The fourth-order valence-electron chi connectivity index (χ4n) is 3.92. The van der Waals surface area contributed by atoms with Gasteiger partial charge < -0.3 is 23.8 Å². The smallest absolute Gasteiger partial charge is 0.231 e. The maximum atomic E-state index is 9.22. The minimum absolute atomic E-state index is 0.251. The maximum Gasteiger partial charge on any atom is 0.231 e. The normalized spacial score (nSPS) is 13.7. The van der Waals surface area contributed by atoms with E-state index >= 15 is 0 Å². The summed E-state index contributed by atoms with van der Waals surface area (Å²) in [6.07, 6.45) is 13.1. The number of hydrogen-bond donors (Lipinski definition) is 0. The van der Waals surface area contributed by atoms with Crippen molar-refractivity contribution in [3.05, 3.63) is 96.4 Å². The first-order valence-electron chi connectivity index (χ1n) is 11.2. The lowest BCUT2D eigenvalue weighted by Crippen LogP contribution is -2.26. The highest BCUT2D eigenvalue weighted by molar-refractivity contribution is 5.64. The van der Waals surface area contributed by atoms with Crippen molar-refractivity contribution in [2.24, 2.45) is 0 Å². The number of allylic oxidation sites excluding steroid dienone is 4. The van der Waals surface area contributed by atoms with Gasteiger partial charge >= 0.3 is 0 Å². The summed E-state index contributed by atoms with van der Waals surface area (Å²) in [7, 11) is 0. The number of rotatable bonds is 8. The Labute approximate surface area is 198 Å². The summed E-state index contributed by atoms with van der Waals surface area (Å²) in [5.41, 5.74) is 3.23. The van der Waals surface area contributed by atoms with E-state index < -0.39 is 0 Å². The monoisotopic (exact) mass is 452 g/mol. The second kappa shape index (κ2) is 10.0. The van der Waals surface area contributed by atoms with Crippen LogP contribution in [0.25, 0.3) is 11.3 Å². The van der Waals surface area contributed by atoms with Crippen molar-refractivity contribution in [1.29, 1.82) is 5.26 Å². The Bertz CT molecular complexity index is 1270. The van der Waals surface area contributed by atoms with E-state index in [0.29, 0.717) is 23.7 Å². The Kier molecular flexibility index (Phi) is 6.30. The van der Waals surface area contributed by atoms with Gasteiger partial charge in [-0.15, -0.1) is 0 Å². The van der Waals surface area contributed by atoms with Gasteiger partial charge in [-0.3, -0.25) is 0 Å². The molecule has 0 fully saturated rings. The van der Waals surface area contributed by atoms with E-state index in [9.17, 15) is 5.26 Å². The molecule has 0 unspecified atom stereocenters. The molecule has 0 radical (unpaired) electrons. The molecule has 0 saturated heterocycles. The topological polar surface area (TPSA) is 74.8 Å². The molecule has 0 aliphatic carbocycles. The zero-order chi connectivity index (χ0) is 23.2. The molecule has 2 aliphatic rings. The zero-order valence-corrected chi connectivity index (χ0v) is 18.6. The number of aromatic nitrogens is 1. The van der Waals surface area contributed by atoms with Crippen LogP contribution < -0.4 is 14.4 Å². The molecule has 3 aromatic rings. The van der Waals surface area contributed by atoms with E-state index in [0.717, 1.165) is 42.1 Å². The third kappa shape index (κ3) is 4.97. The standard InChI is InChI=1S/C27H24N4O3/c28-18-21-7-5-8-23(15-21)24-17-27(34-29-24)31(14-6-13-30-11-3-1-2-4-12-30)19-22-9-10-25-26(16-22)33-20-32-25/h1-5,7-12,15-17H,6,13-14,19-20H2. The van der Waals surface area contributed by atoms with E-state index in [2.05, 4.69) is 33.4 Å². The summed E-state index contributed by atoms with van der Waals surface area (Å²) < 4.78 is 16.8. The van der Waals surface area contributed by atoms with E-state index in [4.69, 9.17) is 14.0 Å². The molecule has 2 aliphatic heterocycles. The van der Waals surface area contributed by atoms with Gasteiger partial charge in [-0.2, -0.15) is 5.26 Å². The van der Waals surface area contributed by atoms with Gasteiger partial charge in [0.15, 0.2) is 11.5 Å². The van der Waals surface area contributed by atoms with Crippen molar-refractivity contribution in [3.8, 4) is 28.8 Å². The second-order valence-electron chi connectivity index (χ2n) is 8.01. The predicted octanol–water partition coefficient (Wildman–Crippen LogP) is 5.24. The quantitative estimate of drug-likeness (QED) is 0.463. The van der Waals surface area contributed by atoms with Crippen LogP contribution in [0.2, 0.25) is 0 Å². The summed E-state index contributed by atoms with van der Waals surface area (Å²) >= 11 is 0. The van der Waals surface area contributed by atoms with Crippen LogP contribution in [0.15, 0.2) is 89.8 Å². The van der Waals surface area contributed by atoms with Crippen LogP contribution in [0.3, 0.4) is 0 Å². The molecular weight excluding hydrogens is 428 g/mol. The number of fused-ring (bicyclic) bond motifs is 1. The third-order valence-electron chi connectivity index (χ3n) is 5.64. The summed E-state index contributed by atoms with van der Waals surface area (Å²) in [4.78, 5) is 4.34. The van der Waals surface area contributed by atoms with E-state index in [1.807, 2.05) is 66.8 Å². The molecule has 3 heterocycles. The molecule has 7 nitrogen and oxygen atoms in total. The largest absolute Gasteiger partial charge is 0.454 e. The van der Waals surface area contributed by atoms with Gasteiger partial charge in [0.25, 0.3) is 0 Å². The van der Waals surface area contributed by atoms with Crippen molar-refractivity contribution < 1.29 is 14.0 Å². The third-order valence-corrected chi connectivity index (χ3v) is 5.64. The number of ether oxygens (including phenoxy) is 2. The van der Waals surface area contributed by atoms with E-state index in [1.165, 1.54) is 0 Å². The van der Waals surface area contributed by atoms with Crippen molar-refractivity contribution in [1.82, 2.24) is 10.1 Å². The first kappa shape index (κ1) is 21.4. The number of nitrogens with zero attached hydrogens (tertiary/aromatic N) is 4. The molecule has 170 valence electrons. The van der Waals surface area contributed by atoms with Crippen LogP contribution >= 0.6 is 0 Å². The molecule has 0 saturated carbocycles. The number of nitriles is 1. The van der Waals surface area contributed by atoms with Crippen molar-refractivity contribution in [3.63, 3.8) is 0 Å². The Hall–Kier alpha value is -4.44. The highest BCUT2D eigenvalue weighted by Crippen LogP contribution is 2.33. The van der Waals surface area contributed by atoms with Crippen LogP contribution in [0.5, 0.6) is 11.5 Å². The molecule has 0 spiro atoms. The Morgan fingerprint density at radius 1 is 0.971 bits per heavy atom. The minimum atomic E-state index is 0.251. The molecule has 2 aromatic carbocycles. The van der Waals surface area contributed by atoms with Crippen molar-refractivity contribution >= 4 is 5.88 Å². The fourth-order valence-corrected chi connectivity index (χ4v) is 3.92. The van der Waals surface area contributed by atoms with Crippen molar-refractivity contribution in [2.75, 3.05) is 24.8 Å². The molecule has 0 bridgehead atoms. The maximum absolute atomic E-state index is 9.22. The van der Waals surface area contributed by atoms with Gasteiger partial charge in [0.05, 0.1) is 11.6 Å². The Morgan fingerprint density at radius 3 is 2.68 bits per heavy atom. The van der Waals surface area contributed by atoms with E-state index in [1.54, 1.807) is 6.07 Å². The highest BCUT2D eigenvalue weighted by atomic mass is 16.7. The molecule has 0 atom stereocenters. The molecule has 0 N–H and O–H groups in total. The Balaban J connectivity index is 1.35. The van der Waals surface area contributed by atoms with Crippen LogP contribution in [-0.2, 0) is 6.54 Å². The number of hydrogen-bond acceptors (Lipinski definition) is 7. The number of anilines is 1. The summed E-state index contributed by atoms with van der Waals surface area (Å²) in [6.45, 7) is 2.53. The number of benzene rings is 2. The van der Waals surface area contributed by atoms with Crippen LogP contribution in [0.4, 0.5) is 5.88 Å². The minimum Gasteiger partial charge on any atom is -0.454 e. The van der Waals surface area contributed by atoms with Gasteiger partial charge in [-0.25, -0.2) is 0 Å². The average molecular weight is 453 g/mol. The zero-order valence-electron chi connectivity index (χ0n) is 18.6. The van der Waals surface area contributed by atoms with Gasteiger partial charge in [-0.1, -0.05) is 35.5 Å². The first-order chi connectivity index (χ1) is 16.8. The summed E-state index contributed by atoms with van der Waals surface area (Å²) in [6, 6.07) is 17.5. The van der Waals surface area contributed by atoms with Crippen molar-refractivity contribution in [2.45, 2.75) is 13.0 Å². The Morgan fingerprint density at radius 2 is 1.82 bits per heavy atom. The summed E-state index contributed by atoms with van der Waals surface area (Å²) in [5.74, 6) is 2.21. The second-order valence-corrected chi connectivity index (χ2v) is 8.01. The molecule has 1 aromatic heterocycles. The SMILES string of the molecule is N#Cc1cccc(-c2cc(N(CCCN3C=CC=CC=C3)Cc3ccc4c(c3)OCO4)on2)c1. The molecule has 34 heavy (non-hydrogen) atoms. The summed E-state index contributed by atoms with van der Waals surface area (Å²) in [5, 5.41) is 13.5. The van der Waals surface area contributed by atoms with Crippen LogP contribution in [0.1, 0.15) is 17.5 Å². The lowest BCUT2D eigenvalue weighted by Gasteiger charge is -2.23. The lowest BCUT2D eigenvalue weighted by atomic mass is 10.1. The van der Waals surface area contributed by atoms with Gasteiger partial charge in [0, 0.05) is 43.7 Å². The molecule has 0 amide bonds. The van der Waals surface area contributed by atoms with Gasteiger partial charge in [0.1, 0.15) is 5.69 Å². The highest BCUT2D eigenvalue weighted by Gasteiger charge is 2.18. The molecule has 5 rings (SSSR count). The predicted molar refractivity (Wildman–Crippen MR) is 129 cm³/mol.